The number of halogens is 2. The molecule has 0 amide bonds. The minimum Gasteiger partial charge on any atom is -0.395 e. The molecular formula is C11H12F2O3. The van der Waals surface area contributed by atoms with Crippen LogP contribution in [0, 0.1) is 0 Å². The fourth-order valence-electron chi connectivity index (χ4n) is 1.46. The van der Waals surface area contributed by atoms with Crippen molar-refractivity contribution in [2.45, 2.75) is 25.6 Å². The first-order valence-corrected chi connectivity index (χ1v) is 4.85. The summed E-state index contributed by atoms with van der Waals surface area (Å²) in [4.78, 5) is 0. The van der Waals surface area contributed by atoms with Crippen LogP contribution in [0.25, 0.3) is 0 Å². The monoisotopic (exact) mass is 230 g/mol. The van der Waals surface area contributed by atoms with E-state index in [0.717, 1.165) is 5.56 Å². The Balaban J connectivity index is 2.36. The van der Waals surface area contributed by atoms with Gasteiger partial charge in [-0.05, 0) is 17.7 Å². The number of fused-ring (bicyclic) bond motifs is 1. The van der Waals surface area contributed by atoms with Crippen LogP contribution in [0.15, 0.2) is 18.2 Å². The van der Waals surface area contributed by atoms with Crippen molar-refractivity contribution in [2.24, 2.45) is 0 Å². The fourth-order valence-corrected chi connectivity index (χ4v) is 1.46. The highest BCUT2D eigenvalue weighted by Crippen LogP contribution is 2.42. The van der Waals surface area contributed by atoms with Crippen LogP contribution in [0.3, 0.4) is 0 Å². The Bertz CT molecular complexity index is 416. The highest BCUT2D eigenvalue weighted by atomic mass is 19.3. The summed E-state index contributed by atoms with van der Waals surface area (Å²) >= 11 is 0. The second-order valence-electron chi connectivity index (χ2n) is 4.37. The molecule has 0 atom stereocenters. The van der Waals surface area contributed by atoms with E-state index in [4.69, 9.17) is 0 Å². The molecule has 1 heterocycles. The van der Waals surface area contributed by atoms with Gasteiger partial charge in [0.2, 0.25) is 0 Å². The van der Waals surface area contributed by atoms with Gasteiger partial charge in [-0.15, -0.1) is 8.78 Å². The summed E-state index contributed by atoms with van der Waals surface area (Å²) in [6.45, 7) is 3.54. The number of hydrogen-bond acceptors (Lipinski definition) is 3. The molecule has 0 radical (unpaired) electrons. The largest absolute Gasteiger partial charge is 0.586 e. The Morgan fingerprint density at radius 3 is 2.50 bits per heavy atom. The molecule has 0 spiro atoms. The topological polar surface area (TPSA) is 38.7 Å². The van der Waals surface area contributed by atoms with E-state index in [1.807, 2.05) is 13.8 Å². The van der Waals surface area contributed by atoms with Crippen molar-refractivity contribution < 1.29 is 23.4 Å². The molecule has 0 aliphatic carbocycles. The Morgan fingerprint density at radius 1 is 1.25 bits per heavy atom. The highest BCUT2D eigenvalue weighted by molar-refractivity contribution is 5.46. The van der Waals surface area contributed by atoms with Gasteiger partial charge >= 0.3 is 6.29 Å². The van der Waals surface area contributed by atoms with E-state index < -0.39 is 11.7 Å². The zero-order valence-electron chi connectivity index (χ0n) is 8.96. The zero-order valence-corrected chi connectivity index (χ0v) is 8.96. The molecule has 0 fully saturated rings. The maximum Gasteiger partial charge on any atom is 0.586 e. The molecule has 88 valence electrons. The minimum absolute atomic E-state index is 0.00373. The predicted molar refractivity (Wildman–Crippen MR) is 52.8 cm³/mol. The molecule has 0 unspecified atom stereocenters. The average Bonchev–Trinajstić information content (AvgIpc) is 2.50. The van der Waals surface area contributed by atoms with E-state index in [2.05, 4.69) is 9.47 Å². The smallest absolute Gasteiger partial charge is 0.395 e. The Hall–Kier alpha value is -1.36. The summed E-state index contributed by atoms with van der Waals surface area (Å²) in [7, 11) is 0. The van der Waals surface area contributed by atoms with Gasteiger partial charge in [0.25, 0.3) is 0 Å². The van der Waals surface area contributed by atoms with Crippen LogP contribution in [0.5, 0.6) is 11.5 Å². The Kier molecular flexibility index (Phi) is 2.31. The maximum atomic E-state index is 12.8. The lowest BCUT2D eigenvalue weighted by Crippen LogP contribution is -2.26. The first-order chi connectivity index (χ1) is 7.34. The van der Waals surface area contributed by atoms with Gasteiger partial charge < -0.3 is 14.6 Å². The molecule has 0 saturated heterocycles. The van der Waals surface area contributed by atoms with Gasteiger partial charge in [0.15, 0.2) is 11.5 Å². The molecule has 0 saturated carbocycles. The molecule has 16 heavy (non-hydrogen) atoms. The number of hydrogen-bond donors (Lipinski definition) is 1. The van der Waals surface area contributed by atoms with Gasteiger partial charge in [0.05, 0.1) is 6.61 Å². The molecule has 1 aromatic rings. The van der Waals surface area contributed by atoms with Crippen molar-refractivity contribution in [2.75, 3.05) is 6.61 Å². The molecule has 0 bridgehead atoms. The van der Waals surface area contributed by atoms with Crippen LogP contribution < -0.4 is 9.47 Å². The number of benzene rings is 1. The van der Waals surface area contributed by atoms with Gasteiger partial charge in [0, 0.05) is 5.41 Å². The van der Waals surface area contributed by atoms with Gasteiger partial charge in [-0.25, -0.2) is 0 Å². The summed E-state index contributed by atoms with van der Waals surface area (Å²) in [6, 6.07) is 4.52. The number of rotatable bonds is 2. The number of aliphatic hydroxyl groups is 1. The third-order valence-electron chi connectivity index (χ3n) is 2.58. The molecule has 0 aromatic heterocycles. The average molecular weight is 230 g/mol. The van der Waals surface area contributed by atoms with E-state index in [0.29, 0.717) is 0 Å². The third kappa shape index (κ3) is 1.82. The van der Waals surface area contributed by atoms with Crippen molar-refractivity contribution in [3.05, 3.63) is 23.8 Å². The zero-order chi connectivity index (χ0) is 12.0. The van der Waals surface area contributed by atoms with Crippen LogP contribution in [0.1, 0.15) is 19.4 Å². The van der Waals surface area contributed by atoms with Crippen LogP contribution in [0.2, 0.25) is 0 Å². The van der Waals surface area contributed by atoms with E-state index in [1.54, 1.807) is 6.07 Å². The second kappa shape index (κ2) is 3.31. The summed E-state index contributed by atoms with van der Waals surface area (Å²) in [5.74, 6) is 0.0199. The first kappa shape index (κ1) is 11.1. The van der Waals surface area contributed by atoms with E-state index in [9.17, 15) is 13.9 Å². The molecule has 1 aliphatic rings. The molecule has 3 nitrogen and oxygen atoms in total. The lowest BCUT2D eigenvalue weighted by molar-refractivity contribution is -0.286. The van der Waals surface area contributed by atoms with Crippen LogP contribution in [0.4, 0.5) is 8.78 Å². The lowest BCUT2D eigenvalue weighted by Gasteiger charge is -2.22. The Labute approximate surface area is 91.6 Å². The number of alkyl halides is 2. The quantitative estimate of drug-likeness (QED) is 0.847. The lowest BCUT2D eigenvalue weighted by atomic mass is 9.85. The van der Waals surface area contributed by atoms with Crippen molar-refractivity contribution in [1.82, 2.24) is 0 Å². The molecular weight excluding hydrogens is 218 g/mol. The second-order valence-corrected chi connectivity index (χ2v) is 4.37. The van der Waals surface area contributed by atoms with Gasteiger partial charge in [-0.3, -0.25) is 0 Å². The Morgan fingerprint density at radius 2 is 1.88 bits per heavy atom. The summed E-state index contributed by atoms with van der Waals surface area (Å²) in [6.07, 6.45) is -3.59. The normalized spacial score (nSPS) is 17.6. The SMILES string of the molecule is CC(C)(CO)c1ccc2c(c1)OC(F)(F)O2. The van der Waals surface area contributed by atoms with Crippen molar-refractivity contribution >= 4 is 0 Å². The van der Waals surface area contributed by atoms with Gasteiger partial charge in [0.1, 0.15) is 0 Å². The molecule has 1 aromatic carbocycles. The van der Waals surface area contributed by atoms with E-state index in [-0.39, 0.29) is 18.1 Å². The number of ether oxygens (including phenoxy) is 2. The minimum atomic E-state index is -3.59. The third-order valence-corrected chi connectivity index (χ3v) is 2.58. The molecule has 2 rings (SSSR count). The first-order valence-electron chi connectivity index (χ1n) is 4.85. The van der Waals surface area contributed by atoms with Gasteiger partial charge in [-0.2, -0.15) is 0 Å². The molecule has 5 heteroatoms. The summed E-state index contributed by atoms with van der Waals surface area (Å²) < 4.78 is 34.1. The van der Waals surface area contributed by atoms with Crippen molar-refractivity contribution in [3.8, 4) is 11.5 Å². The number of aliphatic hydroxyl groups excluding tert-OH is 1. The van der Waals surface area contributed by atoms with Crippen molar-refractivity contribution in [3.63, 3.8) is 0 Å². The van der Waals surface area contributed by atoms with Crippen LogP contribution in [-0.2, 0) is 5.41 Å². The molecule has 1 N–H and O–H groups in total. The van der Waals surface area contributed by atoms with Crippen LogP contribution >= 0.6 is 0 Å². The van der Waals surface area contributed by atoms with Crippen molar-refractivity contribution in [1.29, 1.82) is 0 Å². The molecule has 1 aliphatic heterocycles. The van der Waals surface area contributed by atoms with Gasteiger partial charge in [-0.1, -0.05) is 19.9 Å². The van der Waals surface area contributed by atoms with Crippen LogP contribution in [-0.4, -0.2) is 18.0 Å². The fraction of sp³-hybridized carbons (Fsp3) is 0.455. The van der Waals surface area contributed by atoms with E-state index in [1.165, 1.54) is 12.1 Å². The maximum absolute atomic E-state index is 12.8. The standard InChI is InChI=1S/C11H12F2O3/c1-10(2,6-14)7-3-4-8-9(5-7)16-11(12,13)15-8/h3-5,14H,6H2,1-2H3. The summed E-state index contributed by atoms with van der Waals surface area (Å²) in [5.41, 5.74) is 0.214. The highest BCUT2D eigenvalue weighted by Gasteiger charge is 2.43. The predicted octanol–water partition coefficient (Wildman–Crippen LogP) is 2.28. The summed E-state index contributed by atoms with van der Waals surface area (Å²) in [5, 5.41) is 9.18. The van der Waals surface area contributed by atoms with E-state index >= 15 is 0 Å².